The van der Waals surface area contributed by atoms with E-state index in [-0.39, 0.29) is 6.10 Å². The summed E-state index contributed by atoms with van der Waals surface area (Å²) >= 11 is 0. The highest BCUT2D eigenvalue weighted by Gasteiger charge is 2.25. The predicted octanol–water partition coefficient (Wildman–Crippen LogP) is 4.08. The molecule has 0 spiro atoms. The molecule has 1 saturated carbocycles. The van der Waals surface area contributed by atoms with E-state index in [4.69, 9.17) is 4.74 Å². The Balaban J connectivity index is 2.05. The molecule has 2 unspecified atom stereocenters. The van der Waals surface area contributed by atoms with Gasteiger partial charge in [0.25, 0.3) is 0 Å². The first-order valence-electron chi connectivity index (χ1n) is 7.10. The molecule has 1 fully saturated rings. The first-order valence-corrected chi connectivity index (χ1v) is 7.10. The van der Waals surface area contributed by atoms with Crippen LogP contribution in [0.15, 0.2) is 18.2 Å². The van der Waals surface area contributed by atoms with Gasteiger partial charge in [0, 0.05) is 11.6 Å². The molecule has 0 aliphatic heterocycles. The van der Waals surface area contributed by atoms with E-state index in [9.17, 15) is 9.50 Å². The van der Waals surface area contributed by atoms with Crippen molar-refractivity contribution in [3.05, 3.63) is 29.6 Å². The molecule has 1 N–H and O–H groups in total. The van der Waals surface area contributed by atoms with Gasteiger partial charge in [-0.25, -0.2) is 4.39 Å². The predicted molar refractivity (Wildman–Crippen MR) is 73.6 cm³/mol. The second-order valence-corrected chi connectivity index (χ2v) is 6.02. The molecular formula is C16H23FO2. The summed E-state index contributed by atoms with van der Waals surface area (Å²) in [7, 11) is 0. The fourth-order valence-corrected chi connectivity index (χ4v) is 3.08. The largest absolute Gasteiger partial charge is 0.490 e. The third kappa shape index (κ3) is 3.69. The van der Waals surface area contributed by atoms with Crippen LogP contribution in [0.4, 0.5) is 4.39 Å². The molecule has 1 aliphatic carbocycles. The second kappa shape index (κ2) is 5.91. The van der Waals surface area contributed by atoms with Crippen molar-refractivity contribution in [2.75, 3.05) is 0 Å². The molecule has 0 saturated heterocycles. The summed E-state index contributed by atoms with van der Waals surface area (Å²) in [5.74, 6) is 1.49. The van der Waals surface area contributed by atoms with Gasteiger partial charge in [0.15, 0.2) is 0 Å². The lowest BCUT2D eigenvalue weighted by Crippen LogP contribution is -2.28. The highest BCUT2D eigenvalue weighted by atomic mass is 19.1. The van der Waals surface area contributed by atoms with Crippen molar-refractivity contribution in [1.82, 2.24) is 0 Å². The Morgan fingerprint density at radius 1 is 1.21 bits per heavy atom. The molecule has 0 aromatic heterocycles. The molecule has 1 aromatic rings. The summed E-state index contributed by atoms with van der Waals surface area (Å²) in [5, 5.41) is 9.41. The lowest BCUT2D eigenvalue weighted by Gasteiger charge is -2.31. The zero-order valence-electron chi connectivity index (χ0n) is 11.9. The zero-order chi connectivity index (χ0) is 14.0. The van der Waals surface area contributed by atoms with Crippen LogP contribution in [0.5, 0.6) is 5.75 Å². The highest BCUT2D eigenvalue weighted by Crippen LogP contribution is 2.32. The van der Waals surface area contributed by atoms with E-state index >= 15 is 0 Å². The maximum Gasteiger partial charge on any atom is 0.132 e. The summed E-state index contributed by atoms with van der Waals surface area (Å²) < 4.78 is 19.7. The molecule has 0 heterocycles. The van der Waals surface area contributed by atoms with Gasteiger partial charge in [-0.2, -0.15) is 0 Å². The van der Waals surface area contributed by atoms with Gasteiger partial charge >= 0.3 is 0 Å². The quantitative estimate of drug-likeness (QED) is 0.893. The van der Waals surface area contributed by atoms with Crippen LogP contribution in [0.25, 0.3) is 0 Å². The molecule has 0 bridgehead atoms. The molecule has 2 nitrogen and oxygen atoms in total. The van der Waals surface area contributed by atoms with Crippen LogP contribution >= 0.6 is 0 Å². The lowest BCUT2D eigenvalue weighted by molar-refractivity contribution is 0.101. The Bertz CT molecular complexity index is 421. The molecule has 0 amide bonds. The van der Waals surface area contributed by atoms with Crippen molar-refractivity contribution in [1.29, 1.82) is 0 Å². The number of ether oxygens (including phenoxy) is 1. The van der Waals surface area contributed by atoms with Gasteiger partial charge in [0.1, 0.15) is 11.6 Å². The van der Waals surface area contributed by atoms with Crippen LogP contribution in [0, 0.1) is 17.7 Å². The smallest absolute Gasteiger partial charge is 0.132 e. The molecule has 1 aliphatic rings. The Morgan fingerprint density at radius 3 is 2.37 bits per heavy atom. The van der Waals surface area contributed by atoms with Crippen molar-refractivity contribution >= 4 is 0 Å². The molecule has 106 valence electrons. The van der Waals surface area contributed by atoms with Gasteiger partial charge in [-0.15, -0.1) is 0 Å². The summed E-state index contributed by atoms with van der Waals surface area (Å²) in [6.45, 7) is 6.04. The van der Waals surface area contributed by atoms with E-state index in [2.05, 4.69) is 13.8 Å². The lowest BCUT2D eigenvalue weighted by atomic mass is 9.82. The van der Waals surface area contributed by atoms with Crippen molar-refractivity contribution in [2.24, 2.45) is 11.8 Å². The Hall–Kier alpha value is -1.09. The topological polar surface area (TPSA) is 29.5 Å². The first kappa shape index (κ1) is 14.3. The van der Waals surface area contributed by atoms with Gasteiger partial charge in [-0.1, -0.05) is 13.8 Å². The fraction of sp³-hybridized carbons (Fsp3) is 0.625. The number of benzene rings is 1. The molecule has 3 atom stereocenters. The first-order chi connectivity index (χ1) is 8.95. The summed E-state index contributed by atoms with van der Waals surface area (Å²) in [5.41, 5.74) is 0.317. The highest BCUT2D eigenvalue weighted by molar-refractivity contribution is 5.30. The number of hydrogen-bond acceptors (Lipinski definition) is 2. The second-order valence-electron chi connectivity index (χ2n) is 6.02. The minimum Gasteiger partial charge on any atom is -0.490 e. The van der Waals surface area contributed by atoms with Gasteiger partial charge in [-0.05, 0) is 50.2 Å². The summed E-state index contributed by atoms with van der Waals surface area (Å²) in [6, 6.07) is 4.73. The van der Waals surface area contributed by atoms with Crippen LogP contribution < -0.4 is 4.74 Å². The van der Waals surface area contributed by atoms with E-state index in [1.54, 1.807) is 19.1 Å². The van der Waals surface area contributed by atoms with Gasteiger partial charge in [0.2, 0.25) is 0 Å². The Kier molecular flexibility index (Phi) is 4.46. The maximum absolute atomic E-state index is 13.8. The molecular weight excluding hydrogens is 243 g/mol. The molecule has 3 heteroatoms. The van der Waals surface area contributed by atoms with Crippen LogP contribution in [-0.2, 0) is 0 Å². The standard InChI is InChI=1S/C16H23FO2/c1-10-6-11(2)8-14(7-10)19-13-4-5-15(12(3)18)16(17)9-13/h4-5,9-12,14,18H,6-8H2,1-3H3/t10?,11?,12-,14?/m0/s1. The average Bonchev–Trinajstić information content (AvgIpc) is 2.26. The number of halogens is 1. The monoisotopic (exact) mass is 266 g/mol. The normalized spacial score (nSPS) is 29.0. The summed E-state index contributed by atoms with van der Waals surface area (Å²) in [4.78, 5) is 0. The Morgan fingerprint density at radius 2 is 1.84 bits per heavy atom. The van der Waals surface area contributed by atoms with Crippen LogP contribution in [-0.4, -0.2) is 11.2 Å². The van der Waals surface area contributed by atoms with Crippen molar-refractivity contribution in [3.63, 3.8) is 0 Å². The zero-order valence-corrected chi connectivity index (χ0v) is 11.9. The minimum absolute atomic E-state index is 0.176. The van der Waals surface area contributed by atoms with Crippen molar-refractivity contribution < 1.29 is 14.2 Å². The number of aliphatic hydroxyl groups excluding tert-OH is 1. The Labute approximate surface area is 114 Å². The third-order valence-corrected chi connectivity index (χ3v) is 3.86. The number of hydrogen-bond donors (Lipinski definition) is 1. The van der Waals surface area contributed by atoms with Gasteiger partial charge in [-0.3, -0.25) is 0 Å². The molecule has 19 heavy (non-hydrogen) atoms. The molecule has 0 radical (unpaired) electrons. The fourth-order valence-electron chi connectivity index (χ4n) is 3.08. The van der Waals surface area contributed by atoms with Crippen LogP contribution in [0.3, 0.4) is 0 Å². The average molecular weight is 266 g/mol. The molecule has 2 rings (SSSR count). The van der Waals surface area contributed by atoms with Gasteiger partial charge in [0.05, 0.1) is 12.2 Å². The van der Waals surface area contributed by atoms with E-state index in [0.29, 0.717) is 23.1 Å². The maximum atomic E-state index is 13.8. The van der Waals surface area contributed by atoms with E-state index in [0.717, 1.165) is 12.8 Å². The van der Waals surface area contributed by atoms with E-state index in [1.807, 2.05) is 0 Å². The number of rotatable bonds is 3. The molecule has 1 aromatic carbocycles. The van der Waals surface area contributed by atoms with Crippen molar-refractivity contribution in [3.8, 4) is 5.75 Å². The van der Waals surface area contributed by atoms with Crippen LogP contribution in [0.2, 0.25) is 0 Å². The third-order valence-electron chi connectivity index (χ3n) is 3.86. The van der Waals surface area contributed by atoms with E-state index in [1.165, 1.54) is 12.5 Å². The number of aliphatic hydroxyl groups is 1. The van der Waals surface area contributed by atoms with Gasteiger partial charge < -0.3 is 9.84 Å². The minimum atomic E-state index is -0.788. The SMILES string of the molecule is CC1CC(C)CC(Oc2ccc([C@H](C)O)c(F)c2)C1. The van der Waals surface area contributed by atoms with Crippen molar-refractivity contribution in [2.45, 2.75) is 52.2 Å². The summed E-state index contributed by atoms with van der Waals surface area (Å²) in [6.07, 6.45) is 2.70. The van der Waals surface area contributed by atoms with Crippen LogP contribution in [0.1, 0.15) is 51.7 Å². The van der Waals surface area contributed by atoms with E-state index < -0.39 is 11.9 Å².